The minimum absolute atomic E-state index is 0.221. The van der Waals surface area contributed by atoms with Crippen LogP contribution in [0.25, 0.3) is 6.08 Å². The monoisotopic (exact) mass is 446 g/mol. The third kappa shape index (κ3) is 6.55. The number of sulfonamides is 1. The third-order valence-electron chi connectivity index (χ3n) is 4.64. The Kier molecular flexibility index (Phi) is 8.05. The van der Waals surface area contributed by atoms with Crippen molar-refractivity contribution < 1.29 is 27.4 Å². The van der Waals surface area contributed by atoms with E-state index in [0.717, 1.165) is 11.3 Å². The van der Waals surface area contributed by atoms with Gasteiger partial charge >= 0.3 is 0 Å². The average Bonchev–Trinajstić information content (AvgIpc) is 2.81. The predicted octanol–water partition coefficient (Wildman–Crippen LogP) is 1.92. The summed E-state index contributed by atoms with van der Waals surface area (Å²) in [5, 5.41) is 2.73. The molecule has 3 rings (SSSR count). The van der Waals surface area contributed by atoms with Crippen LogP contribution in [-0.4, -0.2) is 65.2 Å². The molecule has 0 radical (unpaired) electrons. The van der Waals surface area contributed by atoms with Crippen LogP contribution in [0.1, 0.15) is 5.56 Å². The molecule has 9 heteroatoms. The summed E-state index contributed by atoms with van der Waals surface area (Å²) in [4.78, 5) is 12.1. The van der Waals surface area contributed by atoms with Gasteiger partial charge in [-0.25, -0.2) is 8.42 Å². The highest BCUT2D eigenvalue weighted by Crippen LogP contribution is 2.20. The van der Waals surface area contributed by atoms with Crippen LogP contribution in [0.15, 0.2) is 59.5 Å². The molecule has 1 N–H and O–H groups in total. The SMILES string of the molecule is COc1ccc(/C=C/C(=O)NCCOc2ccc(S(=O)(=O)N3CCOCC3)cc2)cc1. The normalized spacial score (nSPS) is 15.0. The lowest BCUT2D eigenvalue weighted by Crippen LogP contribution is -2.40. The van der Waals surface area contributed by atoms with Crippen LogP contribution in [-0.2, 0) is 19.6 Å². The van der Waals surface area contributed by atoms with E-state index < -0.39 is 10.0 Å². The predicted molar refractivity (Wildman–Crippen MR) is 117 cm³/mol. The number of carbonyl (C=O) groups excluding carboxylic acids is 1. The summed E-state index contributed by atoms with van der Waals surface area (Å²) in [5.74, 6) is 1.06. The Morgan fingerprint density at radius 3 is 2.35 bits per heavy atom. The molecule has 0 spiro atoms. The Morgan fingerprint density at radius 1 is 1.06 bits per heavy atom. The summed E-state index contributed by atoms with van der Waals surface area (Å²) in [6, 6.07) is 13.6. The fourth-order valence-electron chi connectivity index (χ4n) is 2.93. The number of hydrogen-bond donors (Lipinski definition) is 1. The standard InChI is InChI=1S/C22H26N2O6S/c1-28-19-5-2-18(3-6-19)4-11-22(25)23-12-15-30-20-7-9-21(10-8-20)31(26,27)24-13-16-29-17-14-24/h2-11H,12-17H2,1H3,(H,23,25)/b11-4+. The smallest absolute Gasteiger partial charge is 0.244 e. The lowest BCUT2D eigenvalue weighted by molar-refractivity contribution is -0.116. The van der Waals surface area contributed by atoms with Crippen LogP contribution in [0.3, 0.4) is 0 Å². The van der Waals surface area contributed by atoms with E-state index in [1.165, 1.54) is 22.5 Å². The van der Waals surface area contributed by atoms with E-state index in [9.17, 15) is 13.2 Å². The number of nitrogens with zero attached hydrogens (tertiary/aromatic N) is 1. The lowest BCUT2D eigenvalue weighted by Gasteiger charge is -2.26. The van der Waals surface area contributed by atoms with Crippen LogP contribution in [0, 0.1) is 0 Å². The molecule has 1 heterocycles. The summed E-state index contributed by atoms with van der Waals surface area (Å²) in [6.07, 6.45) is 3.16. The molecule has 2 aromatic rings. The van der Waals surface area contributed by atoms with Gasteiger partial charge in [0.2, 0.25) is 15.9 Å². The molecule has 31 heavy (non-hydrogen) atoms. The second-order valence-electron chi connectivity index (χ2n) is 6.73. The van der Waals surface area contributed by atoms with Gasteiger partial charge in [0.1, 0.15) is 18.1 Å². The van der Waals surface area contributed by atoms with Crippen molar-refractivity contribution in [1.29, 1.82) is 0 Å². The van der Waals surface area contributed by atoms with Crippen molar-refractivity contribution in [1.82, 2.24) is 9.62 Å². The highest BCUT2D eigenvalue weighted by molar-refractivity contribution is 7.89. The van der Waals surface area contributed by atoms with Gasteiger partial charge in [0.25, 0.3) is 0 Å². The maximum absolute atomic E-state index is 12.6. The number of hydrogen-bond acceptors (Lipinski definition) is 6. The second kappa shape index (κ2) is 10.9. The molecule has 1 aliphatic heterocycles. The highest BCUT2D eigenvalue weighted by Gasteiger charge is 2.26. The van der Waals surface area contributed by atoms with Gasteiger partial charge in [-0.15, -0.1) is 0 Å². The molecule has 1 fully saturated rings. The number of carbonyl (C=O) groups is 1. The first-order valence-corrected chi connectivity index (χ1v) is 11.3. The van der Waals surface area contributed by atoms with Crippen molar-refractivity contribution >= 4 is 22.0 Å². The van der Waals surface area contributed by atoms with E-state index >= 15 is 0 Å². The van der Waals surface area contributed by atoms with Gasteiger partial charge < -0.3 is 19.5 Å². The molecule has 0 bridgehead atoms. The highest BCUT2D eigenvalue weighted by atomic mass is 32.2. The minimum atomic E-state index is -3.52. The molecular formula is C22H26N2O6S. The summed E-state index contributed by atoms with van der Waals surface area (Å²) in [6.45, 7) is 2.10. The zero-order valence-electron chi connectivity index (χ0n) is 17.3. The lowest BCUT2D eigenvalue weighted by atomic mass is 10.2. The van der Waals surface area contributed by atoms with Crippen molar-refractivity contribution in [2.75, 3.05) is 46.6 Å². The van der Waals surface area contributed by atoms with Crippen LogP contribution < -0.4 is 14.8 Å². The Balaban J connectivity index is 1.42. The molecule has 1 aliphatic rings. The Bertz CT molecular complexity index is 982. The molecule has 0 atom stereocenters. The first kappa shape index (κ1) is 22.8. The summed E-state index contributed by atoms with van der Waals surface area (Å²) >= 11 is 0. The van der Waals surface area contributed by atoms with E-state index in [1.807, 2.05) is 24.3 Å². The van der Waals surface area contributed by atoms with E-state index in [1.54, 1.807) is 25.3 Å². The number of methoxy groups -OCH3 is 1. The average molecular weight is 447 g/mol. The maximum atomic E-state index is 12.6. The molecule has 1 saturated heterocycles. The topological polar surface area (TPSA) is 94.2 Å². The van der Waals surface area contributed by atoms with E-state index in [4.69, 9.17) is 14.2 Å². The van der Waals surface area contributed by atoms with Gasteiger partial charge in [-0.05, 0) is 48.0 Å². The molecule has 166 valence electrons. The molecule has 0 aromatic heterocycles. The van der Waals surface area contributed by atoms with Gasteiger partial charge in [-0.2, -0.15) is 4.31 Å². The van der Waals surface area contributed by atoms with Gasteiger partial charge in [0, 0.05) is 19.2 Å². The zero-order valence-corrected chi connectivity index (χ0v) is 18.1. The number of nitrogens with one attached hydrogen (secondary N) is 1. The number of morpholine rings is 1. The minimum Gasteiger partial charge on any atom is -0.497 e. The summed E-state index contributed by atoms with van der Waals surface area (Å²) in [5.41, 5.74) is 0.888. The van der Waals surface area contributed by atoms with Crippen molar-refractivity contribution in [2.45, 2.75) is 4.90 Å². The van der Waals surface area contributed by atoms with Crippen LogP contribution in [0.2, 0.25) is 0 Å². The molecular weight excluding hydrogens is 420 g/mol. The quantitative estimate of drug-likeness (QED) is 0.467. The summed E-state index contributed by atoms with van der Waals surface area (Å²) in [7, 11) is -1.92. The van der Waals surface area contributed by atoms with Crippen molar-refractivity contribution in [2.24, 2.45) is 0 Å². The number of benzene rings is 2. The number of ether oxygens (including phenoxy) is 3. The van der Waals surface area contributed by atoms with Crippen molar-refractivity contribution in [3.63, 3.8) is 0 Å². The number of rotatable bonds is 9. The van der Waals surface area contributed by atoms with Gasteiger partial charge in [0.15, 0.2) is 0 Å². The molecule has 2 aromatic carbocycles. The first-order chi connectivity index (χ1) is 15.0. The van der Waals surface area contributed by atoms with Crippen LogP contribution >= 0.6 is 0 Å². The largest absolute Gasteiger partial charge is 0.497 e. The fraction of sp³-hybridized carbons (Fsp3) is 0.318. The first-order valence-electron chi connectivity index (χ1n) is 9.90. The zero-order chi connectivity index (χ0) is 22.1. The molecule has 0 unspecified atom stereocenters. The van der Waals surface area contributed by atoms with Crippen molar-refractivity contribution in [3.8, 4) is 11.5 Å². The fourth-order valence-corrected chi connectivity index (χ4v) is 4.34. The molecule has 0 saturated carbocycles. The Labute approximate surface area is 182 Å². The van der Waals surface area contributed by atoms with E-state index in [0.29, 0.717) is 38.6 Å². The van der Waals surface area contributed by atoms with Crippen LogP contribution in [0.4, 0.5) is 0 Å². The summed E-state index contributed by atoms with van der Waals surface area (Å²) < 4.78 is 42.5. The molecule has 0 aliphatic carbocycles. The second-order valence-corrected chi connectivity index (χ2v) is 8.67. The number of amides is 1. The van der Waals surface area contributed by atoms with E-state index in [-0.39, 0.29) is 17.4 Å². The van der Waals surface area contributed by atoms with Gasteiger partial charge in [0.05, 0.1) is 31.8 Å². The van der Waals surface area contributed by atoms with Crippen molar-refractivity contribution in [3.05, 3.63) is 60.2 Å². The maximum Gasteiger partial charge on any atom is 0.244 e. The molecule has 8 nitrogen and oxygen atoms in total. The van der Waals surface area contributed by atoms with E-state index in [2.05, 4.69) is 5.32 Å². The third-order valence-corrected chi connectivity index (χ3v) is 6.56. The Hall–Kier alpha value is -2.88. The van der Waals surface area contributed by atoms with Crippen LogP contribution in [0.5, 0.6) is 11.5 Å². The molecule has 1 amide bonds. The van der Waals surface area contributed by atoms with Gasteiger partial charge in [-0.3, -0.25) is 4.79 Å². The Morgan fingerprint density at radius 2 is 1.71 bits per heavy atom. The van der Waals surface area contributed by atoms with Gasteiger partial charge in [-0.1, -0.05) is 12.1 Å².